The lowest BCUT2D eigenvalue weighted by Crippen LogP contribution is -2.07. The number of aryl methyl sites for hydroxylation is 1. The third-order valence-corrected chi connectivity index (χ3v) is 2.29. The molecule has 1 aromatic heterocycles. The maximum Gasteiger partial charge on any atom is 0.175 e. The Morgan fingerprint density at radius 3 is 2.93 bits per heavy atom. The quantitative estimate of drug-likeness (QED) is 0.639. The minimum atomic E-state index is -0.105. The molecule has 5 heteroatoms. The number of hydrogen-bond donors (Lipinski definition) is 1. The van der Waals surface area contributed by atoms with Crippen molar-refractivity contribution >= 4 is 27.5 Å². The van der Waals surface area contributed by atoms with Gasteiger partial charge in [0.05, 0.1) is 16.6 Å². The molecule has 0 saturated heterocycles. The Kier molecular flexibility index (Phi) is 3.20. The van der Waals surface area contributed by atoms with E-state index in [1.54, 1.807) is 6.92 Å². The molecule has 0 fully saturated rings. The molecule has 0 saturated carbocycles. The molecule has 0 spiro atoms. The van der Waals surface area contributed by atoms with E-state index in [2.05, 4.69) is 20.9 Å². The highest BCUT2D eigenvalue weighted by atomic mass is 79.9. The number of aromatic nitrogens is 1. The summed E-state index contributed by atoms with van der Waals surface area (Å²) >= 11 is 3.06. The van der Waals surface area contributed by atoms with Gasteiger partial charge in [0.25, 0.3) is 0 Å². The van der Waals surface area contributed by atoms with Gasteiger partial charge in [-0.2, -0.15) is 5.26 Å². The van der Waals surface area contributed by atoms with E-state index in [1.807, 2.05) is 6.07 Å². The van der Waals surface area contributed by atoms with Crippen molar-refractivity contribution in [3.8, 4) is 6.07 Å². The maximum atomic E-state index is 11.4. The summed E-state index contributed by atoms with van der Waals surface area (Å²) in [6.45, 7) is 1.69. The van der Waals surface area contributed by atoms with Crippen LogP contribution in [0.15, 0.2) is 6.07 Å². The lowest BCUT2D eigenvalue weighted by atomic mass is 10.1. The first kappa shape index (κ1) is 10.7. The fourth-order valence-electron chi connectivity index (χ4n) is 1.07. The molecule has 0 atom stereocenters. The predicted molar refractivity (Wildman–Crippen MR) is 56.2 cm³/mol. The van der Waals surface area contributed by atoms with Crippen LogP contribution in [-0.2, 0) is 0 Å². The molecular formula is C9H8BrN3O. The summed E-state index contributed by atoms with van der Waals surface area (Å²) in [6.07, 6.45) is 0. The minimum Gasteiger partial charge on any atom is -0.383 e. The van der Waals surface area contributed by atoms with Gasteiger partial charge in [-0.15, -0.1) is 0 Å². The molecule has 72 valence electrons. The number of pyridine rings is 1. The van der Waals surface area contributed by atoms with E-state index in [4.69, 9.17) is 11.0 Å². The minimum absolute atomic E-state index is 0.105. The van der Waals surface area contributed by atoms with Crippen LogP contribution in [-0.4, -0.2) is 16.1 Å². The Morgan fingerprint density at radius 1 is 1.79 bits per heavy atom. The van der Waals surface area contributed by atoms with Crippen LogP contribution in [0.25, 0.3) is 0 Å². The van der Waals surface area contributed by atoms with Crippen LogP contribution in [0.1, 0.15) is 21.6 Å². The Balaban J connectivity index is 3.33. The molecule has 0 aliphatic heterocycles. The van der Waals surface area contributed by atoms with Gasteiger partial charge in [0.2, 0.25) is 0 Å². The molecule has 0 amide bonds. The zero-order valence-corrected chi connectivity index (χ0v) is 9.13. The molecule has 1 aromatic rings. The van der Waals surface area contributed by atoms with Crippen molar-refractivity contribution in [2.75, 3.05) is 11.1 Å². The van der Waals surface area contributed by atoms with Crippen LogP contribution in [0, 0.1) is 18.3 Å². The van der Waals surface area contributed by atoms with E-state index in [-0.39, 0.29) is 22.5 Å². The number of nitrogens with two attached hydrogens (primary N) is 1. The zero-order valence-electron chi connectivity index (χ0n) is 7.54. The standard InChI is InChI=1S/C9H8BrN3O/c1-5-7(8(14)3-10)2-6(4-11)9(12)13-5/h2H,3H2,1H3,(H2,12,13). The number of nitrogens with zero attached hydrogens (tertiary/aromatic N) is 2. The van der Waals surface area contributed by atoms with Gasteiger partial charge < -0.3 is 5.73 Å². The molecule has 0 aliphatic rings. The van der Waals surface area contributed by atoms with E-state index < -0.39 is 0 Å². The molecule has 0 aliphatic carbocycles. The van der Waals surface area contributed by atoms with Gasteiger partial charge in [-0.3, -0.25) is 4.79 Å². The topological polar surface area (TPSA) is 79.8 Å². The monoisotopic (exact) mass is 253 g/mol. The number of rotatable bonds is 2. The fraction of sp³-hybridized carbons (Fsp3) is 0.222. The number of nitrogen functional groups attached to an aromatic ring is 1. The number of carbonyl (C=O) groups is 1. The summed E-state index contributed by atoms with van der Waals surface area (Å²) in [4.78, 5) is 15.3. The van der Waals surface area contributed by atoms with Gasteiger partial charge in [-0.05, 0) is 13.0 Å². The lowest BCUT2D eigenvalue weighted by Gasteiger charge is -2.04. The van der Waals surface area contributed by atoms with Gasteiger partial charge in [0.15, 0.2) is 5.78 Å². The van der Waals surface area contributed by atoms with Crippen LogP contribution >= 0.6 is 15.9 Å². The fourth-order valence-corrected chi connectivity index (χ4v) is 1.37. The van der Waals surface area contributed by atoms with Crippen molar-refractivity contribution in [3.05, 3.63) is 22.9 Å². The van der Waals surface area contributed by atoms with E-state index in [1.165, 1.54) is 6.07 Å². The van der Waals surface area contributed by atoms with Crippen LogP contribution in [0.4, 0.5) is 5.82 Å². The second-order valence-corrected chi connectivity index (χ2v) is 3.28. The van der Waals surface area contributed by atoms with Crippen LogP contribution in [0.3, 0.4) is 0 Å². The van der Waals surface area contributed by atoms with Gasteiger partial charge in [-0.1, -0.05) is 15.9 Å². The predicted octanol–water partition coefficient (Wildman–Crippen LogP) is 1.42. The Bertz CT molecular complexity index is 423. The summed E-state index contributed by atoms with van der Waals surface area (Å²) in [5.41, 5.74) is 6.71. The van der Waals surface area contributed by atoms with Crippen molar-refractivity contribution in [1.82, 2.24) is 4.98 Å². The number of ketones is 1. The third kappa shape index (κ3) is 1.91. The smallest absolute Gasteiger partial charge is 0.175 e. The van der Waals surface area contributed by atoms with Gasteiger partial charge in [0.1, 0.15) is 11.9 Å². The molecule has 0 unspecified atom stereocenters. The Hall–Kier alpha value is -1.41. The van der Waals surface area contributed by atoms with Crippen LogP contribution < -0.4 is 5.73 Å². The summed E-state index contributed by atoms with van der Waals surface area (Å²) in [7, 11) is 0. The average molecular weight is 254 g/mol. The highest BCUT2D eigenvalue weighted by molar-refractivity contribution is 9.09. The zero-order chi connectivity index (χ0) is 10.7. The molecule has 0 radical (unpaired) electrons. The first-order valence-electron chi connectivity index (χ1n) is 3.86. The average Bonchev–Trinajstić information content (AvgIpc) is 2.17. The first-order chi connectivity index (χ1) is 6.60. The summed E-state index contributed by atoms with van der Waals surface area (Å²) in [5.74, 6) is 0.0580. The van der Waals surface area contributed by atoms with Crippen molar-refractivity contribution < 1.29 is 4.79 Å². The molecule has 0 aromatic carbocycles. The van der Waals surface area contributed by atoms with E-state index >= 15 is 0 Å². The largest absolute Gasteiger partial charge is 0.383 e. The van der Waals surface area contributed by atoms with E-state index in [0.717, 1.165) is 0 Å². The molecule has 14 heavy (non-hydrogen) atoms. The molecular weight excluding hydrogens is 246 g/mol. The number of halogens is 1. The number of nitriles is 1. The Morgan fingerprint density at radius 2 is 2.43 bits per heavy atom. The number of alkyl halides is 1. The molecule has 1 heterocycles. The van der Waals surface area contributed by atoms with Gasteiger partial charge in [-0.25, -0.2) is 4.98 Å². The second kappa shape index (κ2) is 4.20. The Labute approximate surface area is 89.9 Å². The lowest BCUT2D eigenvalue weighted by molar-refractivity contribution is 0.102. The second-order valence-electron chi connectivity index (χ2n) is 2.72. The number of carbonyl (C=O) groups excluding carboxylic acids is 1. The van der Waals surface area contributed by atoms with E-state index in [0.29, 0.717) is 11.3 Å². The molecule has 2 N–H and O–H groups in total. The number of hydrogen-bond acceptors (Lipinski definition) is 4. The van der Waals surface area contributed by atoms with Crippen LogP contribution in [0.2, 0.25) is 0 Å². The van der Waals surface area contributed by atoms with E-state index in [9.17, 15) is 4.79 Å². The number of Topliss-reactive ketones (excluding diaryl/α,β-unsaturated/α-hetero) is 1. The highest BCUT2D eigenvalue weighted by Gasteiger charge is 2.12. The molecule has 4 nitrogen and oxygen atoms in total. The molecule has 1 rings (SSSR count). The summed E-state index contributed by atoms with van der Waals surface area (Å²) in [5, 5.41) is 8.91. The molecule has 0 bridgehead atoms. The summed E-state index contributed by atoms with van der Waals surface area (Å²) in [6, 6.07) is 3.36. The SMILES string of the molecule is Cc1nc(N)c(C#N)cc1C(=O)CBr. The van der Waals surface area contributed by atoms with Gasteiger partial charge in [0, 0.05) is 5.56 Å². The van der Waals surface area contributed by atoms with Crippen molar-refractivity contribution in [1.29, 1.82) is 5.26 Å². The van der Waals surface area contributed by atoms with Crippen molar-refractivity contribution in [3.63, 3.8) is 0 Å². The van der Waals surface area contributed by atoms with Gasteiger partial charge >= 0.3 is 0 Å². The summed E-state index contributed by atoms with van der Waals surface area (Å²) < 4.78 is 0. The van der Waals surface area contributed by atoms with Crippen molar-refractivity contribution in [2.24, 2.45) is 0 Å². The maximum absolute atomic E-state index is 11.4. The third-order valence-electron chi connectivity index (χ3n) is 1.78. The normalized spacial score (nSPS) is 9.50. The first-order valence-corrected chi connectivity index (χ1v) is 4.98. The number of anilines is 1. The highest BCUT2D eigenvalue weighted by Crippen LogP contribution is 2.15. The van der Waals surface area contributed by atoms with Crippen molar-refractivity contribution in [2.45, 2.75) is 6.92 Å². The van der Waals surface area contributed by atoms with Crippen LogP contribution in [0.5, 0.6) is 0 Å².